The molecule has 0 radical (unpaired) electrons. The van der Waals surface area contributed by atoms with E-state index in [0.29, 0.717) is 11.3 Å². The molecule has 1 aliphatic heterocycles. The van der Waals surface area contributed by atoms with Crippen LogP contribution >= 0.6 is 0 Å². The van der Waals surface area contributed by atoms with Gasteiger partial charge >= 0.3 is 0 Å². The van der Waals surface area contributed by atoms with Crippen LogP contribution in [0.2, 0.25) is 0 Å². The van der Waals surface area contributed by atoms with Crippen LogP contribution in [0.1, 0.15) is 23.2 Å². The van der Waals surface area contributed by atoms with Crippen molar-refractivity contribution >= 4 is 11.6 Å². The number of nitrogens with two attached hydrogens (primary N) is 1. The van der Waals surface area contributed by atoms with Crippen molar-refractivity contribution < 1.29 is 4.79 Å². The molecular weight excluding hydrogens is 242 g/mol. The van der Waals surface area contributed by atoms with Gasteiger partial charge in [0.15, 0.2) is 0 Å². The maximum atomic E-state index is 12.3. The number of aromatic nitrogens is 1. The van der Waals surface area contributed by atoms with Crippen molar-refractivity contribution in [3.63, 3.8) is 0 Å². The van der Waals surface area contributed by atoms with Crippen LogP contribution in [0, 0.1) is 0 Å². The number of hydrogen-bond acceptors (Lipinski definition) is 5. The van der Waals surface area contributed by atoms with Crippen molar-refractivity contribution in [2.75, 3.05) is 38.7 Å². The van der Waals surface area contributed by atoms with Gasteiger partial charge in [0, 0.05) is 26.3 Å². The van der Waals surface area contributed by atoms with Crippen LogP contribution in [0.25, 0.3) is 0 Å². The highest BCUT2D eigenvalue weighted by molar-refractivity contribution is 5.99. The normalized spacial score (nSPS) is 15.5. The lowest BCUT2D eigenvalue weighted by atomic mass is 10.2. The number of hydrogen-bond donors (Lipinski definition) is 2. The van der Waals surface area contributed by atoms with Gasteiger partial charge in [0.1, 0.15) is 0 Å². The summed E-state index contributed by atoms with van der Waals surface area (Å²) in [5.74, 6) is 5.36. The second-order valence-corrected chi connectivity index (χ2v) is 4.84. The van der Waals surface area contributed by atoms with Crippen molar-refractivity contribution in [2.24, 2.45) is 5.84 Å². The number of carbonyl (C=O) groups is 1. The largest absolute Gasteiger partial charge is 0.340 e. The Morgan fingerprint density at radius 3 is 2.95 bits per heavy atom. The molecule has 1 saturated heterocycles. The first-order valence-corrected chi connectivity index (χ1v) is 6.61. The highest BCUT2D eigenvalue weighted by Gasteiger charge is 2.17. The molecule has 0 bridgehead atoms. The highest BCUT2D eigenvalue weighted by Crippen LogP contribution is 2.14. The number of rotatable bonds is 5. The molecule has 19 heavy (non-hydrogen) atoms. The molecular formula is C13H21N5O. The van der Waals surface area contributed by atoms with E-state index in [0.717, 1.165) is 26.2 Å². The zero-order valence-electron chi connectivity index (χ0n) is 11.3. The molecule has 0 unspecified atom stereocenters. The van der Waals surface area contributed by atoms with Gasteiger partial charge in [-0.2, -0.15) is 0 Å². The van der Waals surface area contributed by atoms with Gasteiger partial charge in [0.05, 0.1) is 17.4 Å². The van der Waals surface area contributed by atoms with E-state index in [1.807, 2.05) is 7.05 Å². The monoisotopic (exact) mass is 263 g/mol. The Bertz CT molecular complexity index is 431. The van der Waals surface area contributed by atoms with Crippen molar-refractivity contribution in [3.05, 3.63) is 24.0 Å². The Hall–Kier alpha value is -1.66. The smallest absolute Gasteiger partial charge is 0.255 e. The highest BCUT2D eigenvalue weighted by atomic mass is 16.2. The summed E-state index contributed by atoms with van der Waals surface area (Å²) in [7, 11) is 1.82. The number of carbonyl (C=O) groups excluding carboxylic acids is 1. The SMILES string of the molecule is CN(CCN1CCCC1)C(=O)c1ccncc1NN. The van der Waals surface area contributed by atoms with Crippen molar-refractivity contribution in [1.29, 1.82) is 0 Å². The Kier molecular flexibility index (Phi) is 4.70. The van der Waals surface area contributed by atoms with Crippen LogP contribution in [0.5, 0.6) is 0 Å². The quantitative estimate of drug-likeness (QED) is 0.599. The van der Waals surface area contributed by atoms with E-state index in [4.69, 9.17) is 5.84 Å². The van der Waals surface area contributed by atoms with Crippen LogP contribution in [-0.4, -0.2) is 53.9 Å². The number of hydrazine groups is 1. The molecule has 6 nitrogen and oxygen atoms in total. The van der Waals surface area contributed by atoms with Crippen molar-refractivity contribution in [2.45, 2.75) is 12.8 Å². The predicted molar refractivity (Wildman–Crippen MR) is 74.7 cm³/mol. The second-order valence-electron chi connectivity index (χ2n) is 4.84. The predicted octanol–water partition coefficient (Wildman–Crippen LogP) is 0.535. The summed E-state index contributed by atoms with van der Waals surface area (Å²) in [5, 5.41) is 0. The van der Waals surface area contributed by atoms with Gasteiger partial charge in [-0.3, -0.25) is 15.6 Å². The summed E-state index contributed by atoms with van der Waals surface area (Å²) in [6.45, 7) is 3.95. The average molecular weight is 263 g/mol. The van der Waals surface area contributed by atoms with Crippen LogP contribution in [0.15, 0.2) is 18.5 Å². The zero-order valence-corrected chi connectivity index (χ0v) is 11.3. The van der Waals surface area contributed by atoms with Crippen LogP contribution in [0.4, 0.5) is 5.69 Å². The summed E-state index contributed by atoms with van der Waals surface area (Å²) in [5.41, 5.74) is 3.62. The number of pyridine rings is 1. The zero-order chi connectivity index (χ0) is 13.7. The lowest BCUT2D eigenvalue weighted by molar-refractivity contribution is 0.0783. The molecule has 2 heterocycles. The fourth-order valence-corrected chi connectivity index (χ4v) is 2.30. The Labute approximate surface area is 113 Å². The number of nitrogens with one attached hydrogen (secondary N) is 1. The summed E-state index contributed by atoms with van der Waals surface area (Å²) in [4.78, 5) is 20.4. The molecule has 2 rings (SSSR count). The fourth-order valence-electron chi connectivity index (χ4n) is 2.30. The van der Waals surface area contributed by atoms with E-state index in [1.54, 1.807) is 23.4 Å². The van der Waals surface area contributed by atoms with Gasteiger partial charge in [-0.15, -0.1) is 0 Å². The minimum atomic E-state index is -0.0328. The lowest BCUT2D eigenvalue weighted by Gasteiger charge is -2.22. The minimum absolute atomic E-state index is 0.0328. The first-order chi connectivity index (χ1) is 9.22. The molecule has 0 spiro atoms. The lowest BCUT2D eigenvalue weighted by Crippen LogP contribution is -2.35. The Morgan fingerprint density at radius 2 is 2.26 bits per heavy atom. The van der Waals surface area contributed by atoms with E-state index < -0.39 is 0 Å². The van der Waals surface area contributed by atoms with Crippen LogP contribution in [-0.2, 0) is 0 Å². The van der Waals surface area contributed by atoms with E-state index in [1.165, 1.54) is 12.8 Å². The maximum absolute atomic E-state index is 12.3. The van der Waals surface area contributed by atoms with Gasteiger partial charge < -0.3 is 15.2 Å². The number of amides is 1. The van der Waals surface area contributed by atoms with E-state index in [9.17, 15) is 4.79 Å². The summed E-state index contributed by atoms with van der Waals surface area (Å²) in [6, 6.07) is 1.68. The van der Waals surface area contributed by atoms with Gasteiger partial charge in [-0.25, -0.2) is 0 Å². The molecule has 0 saturated carbocycles. The fraction of sp³-hybridized carbons (Fsp3) is 0.538. The van der Waals surface area contributed by atoms with Crippen molar-refractivity contribution in [1.82, 2.24) is 14.8 Å². The minimum Gasteiger partial charge on any atom is -0.340 e. The standard InChI is InChI=1S/C13H21N5O/c1-17(8-9-18-6-2-3-7-18)13(19)11-4-5-15-10-12(11)16-14/h4-5,10,16H,2-3,6-9,14H2,1H3. The number of anilines is 1. The molecule has 1 fully saturated rings. The number of nitrogens with zero attached hydrogens (tertiary/aromatic N) is 3. The van der Waals surface area contributed by atoms with Gasteiger partial charge in [-0.1, -0.05) is 0 Å². The average Bonchev–Trinajstić information content (AvgIpc) is 2.97. The Balaban J connectivity index is 1.94. The summed E-state index contributed by atoms with van der Waals surface area (Å²) >= 11 is 0. The molecule has 3 N–H and O–H groups in total. The first kappa shape index (κ1) is 13.8. The number of likely N-dealkylation sites (N-methyl/N-ethyl adjacent to an activating group) is 1. The molecule has 1 aliphatic rings. The first-order valence-electron chi connectivity index (χ1n) is 6.61. The number of likely N-dealkylation sites (tertiary alicyclic amines) is 1. The Morgan fingerprint density at radius 1 is 1.53 bits per heavy atom. The van der Waals surface area contributed by atoms with E-state index in [-0.39, 0.29) is 5.91 Å². The number of nitrogen functional groups attached to an aromatic ring is 1. The summed E-state index contributed by atoms with van der Waals surface area (Å²) in [6.07, 6.45) is 5.69. The van der Waals surface area contributed by atoms with Crippen LogP contribution in [0.3, 0.4) is 0 Å². The third kappa shape index (κ3) is 3.42. The van der Waals surface area contributed by atoms with Crippen molar-refractivity contribution in [3.8, 4) is 0 Å². The molecule has 1 amide bonds. The van der Waals surface area contributed by atoms with Gasteiger partial charge in [0.2, 0.25) is 0 Å². The topological polar surface area (TPSA) is 74.5 Å². The van der Waals surface area contributed by atoms with E-state index in [2.05, 4.69) is 15.3 Å². The molecule has 104 valence electrons. The van der Waals surface area contributed by atoms with Crippen LogP contribution < -0.4 is 11.3 Å². The second kappa shape index (κ2) is 6.49. The summed E-state index contributed by atoms with van der Waals surface area (Å²) < 4.78 is 0. The van der Waals surface area contributed by atoms with Gasteiger partial charge in [-0.05, 0) is 32.0 Å². The molecule has 0 aliphatic carbocycles. The third-order valence-corrected chi connectivity index (χ3v) is 3.50. The third-order valence-electron chi connectivity index (χ3n) is 3.50. The molecule has 6 heteroatoms. The van der Waals surface area contributed by atoms with E-state index >= 15 is 0 Å². The maximum Gasteiger partial charge on any atom is 0.255 e. The van der Waals surface area contributed by atoms with Gasteiger partial charge in [0.25, 0.3) is 5.91 Å². The molecule has 0 aromatic carbocycles. The molecule has 1 aromatic rings. The molecule has 1 aromatic heterocycles. The molecule has 0 atom stereocenters.